The Labute approximate surface area is 116 Å². The highest BCUT2D eigenvalue weighted by molar-refractivity contribution is 6.04. The highest BCUT2D eigenvalue weighted by atomic mass is 16.5. The first-order valence-corrected chi connectivity index (χ1v) is 6.03. The summed E-state index contributed by atoms with van der Waals surface area (Å²) in [7, 11) is 2.55. The quantitative estimate of drug-likeness (QED) is 0.805. The molecule has 0 spiro atoms. The zero-order chi connectivity index (χ0) is 14.5. The van der Waals surface area contributed by atoms with E-state index in [0.29, 0.717) is 0 Å². The molecule has 4 heteroatoms. The summed E-state index contributed by atoms with van der Waals surface area (Å²) in [5.74, 6) is -1.13. The van der Waals surface area contributed by atoms with Crippen LogP contribution in [0.4, 0.5) is 0 Å². The number of methoxy groups -OCH3 is 2. The smallest absolute Gasteiger partial charge is 0.338 e. The highest BCUT2D eigenvalue weighted by Gasteiger charge is 2.19. The third kappa shape index (κ3) is 2.69. The molecule has 0 atom stereocenters. The van der Waals surface area contributed by atoms with Crippen LogP contribution in [0.1, 0.15) is 20.7 Å². The van der Waals surface area contributed by atoms with Crippen LogP contribution >= 0.6 is 0 Å². The molecule has 0 aliphatic carbocycles. The molecule has 0 saturated carbocycles. The van der Waals surface area contributed by atoms with Crippen LogP contribution in [0.25, 0.3) is 11.1 Å². The van der Waals surface area contributed by atoms with Crippen LogP contribution < -0.4 is 0 Å². The van der Waals surface area contributed by atoms with Gasteiger partial charge in [0.2, 0.25) is 0 Å². The second-order valence-corrected chi connectivity index (χ2v) is 4.11. The summed E-state index contributed by atoms with van der Waals surface area (Å²) in [5.41, 5.74) is 2.17. The van der Waals surface area contributed by atoms with Crippen molar-refractivity contribution < 1.29 is 19.1 Å². The maximum Gasteiger partial charge on any atom is 0.338 e. The molecule has 2 aromatic carbocycles. The molecule has 0 amide bonds. The van der Waals surface area contributed by atoms with Gasteiger partial charge in [-0.1, -0.05) is 36.4 Å². The lowest BCUT2D eigenvalue weighted by Gasteiger charge is -2.09. The van der Waals surface area contributed by atoms with Crippen LogP contribution in [0, 0.1) is 0 Å². The van der Waals surface area contributed by atoms with Crippen molar-refractivity contribution in [3.8, 4) is 11.1 Å². The molecule has 0 radical (unpaired) electrons. The van der Waals surface area contributed by atoms with Crippen molar-refractivity contribution in [1.29, 1.82) is 0 Å². The van der Waals surface area contributed by atoms with Crippen LogP contribution in [0.2, 0.25) is 0 Å². The van der Waals surface area contributed by atoms with Gasteiger partial charge in [-0.15, -0.1) is 0 Å². The number of carbonyl (C=O) groups excluding carboxylic acids is 2. The summed E-state index contributed by atoms with van der Waals surface area (Å²) in [4.78, 5) is 23.5. The Kier molecular flexibility index (Phi) is 4.15. The van der Waals surface area contributed by atoms with E-state index in [1.165, 1.54) is 14.2 Å². The summed E-state index contributed by atoms with van der Waals surface area (Å²) < 4.78 is 9.39. The fraction of sp³-hybridized carbons (Fsp3) is 0.125. The predicted octanol–water partition coefficient (Wildman–Crippen LogP) is 2.93. The monoisotopic (exact) mass is 270 g/mol. The second-order valence-electron chi connectivity index (χ2n) is 4.11. The number of hydrogen-bond donors (Lipinski definition) is 0. The maximum atomic E-state index is 11.8. The van der Waals surface area contributed by atoms with Gasteiger partial charge in [0.05, 0.1) is 25.3 Å². The molecule has 0 aliphatic heterocycles. The van der Waals surface area contributed by atoms with Gasteiger partial charge in [0.25, 0.3) is 0 Å². The Morgan fingerprint density at radius 3 is 1.95 bits per heavy atom. The minimum Gasteiger partial charge on any atom is -0.465 e. The van der Waals surface area contributed by atoms with E-state index < -0.39 is 11.9 Å². The zero-order valence-electron chi connectivity index (χ0n) is 11.3. The number of hydrogen-bond acceptors (Lipinski definition) is 4. The molecule has 0 heterocycles. The van der Waals surface area contributed by atoms with Gasteiger partial charge in [0.15, 0.2) is 0 Å². The average Bonchev–Trinajstić information content (AvgIpc) is 2.53. The first kappa shape index (κ1) is 13.8. The van der Waals surface area contributed by atoms with E-state index in [1.54, 1.807) is 18.2 Å². The molecule has 0 bridgehead atoms. The second kappa shape index (κ2) is 6.02. The van der Waals surface area contributed by atoms with Crippen molar-refractivity contribution in [2.45, 2.75) is 0 Å². The first-order valence-electron chi connectivity index (χ1n) is 6.03. The zero-order valence-corrected chi connectivity index (χ0v) is 11.3. The van der Waals surface area contributed by atoms with Gasteiger partial charge < -0.3 is 9.47 Å². The van der Waals surface area contributed by atoms with Crippen molar-refractivity contribution in [1.82, 2.24) is 0 Å². The molecule has 2 rings (SSSR count). The van der Waals surface area contributed by atoms with E-state index in [-0.39, 0.29) is 11.1 Å². The Bertz CT molecular complexity index is 632. The normalized spacial score (nSPS) is 9.90. The van der Waals surface area contributed by atoms with Crippen molar-refractivity contribution in [3.63, 3.8) is 0 Å². The van der Waals surface area contributed by atoms with Crippen molar-refractivity contribution in [2.24, 2.45) is 0 Å². The first-order chi connectivity index (χ1) is 9.67. The highest BCUT2D eigenvalue weighted by Crippen LogP contribution is 2.23. The Hall–Kier alpha value is -2.62. The lowest BCUT2D eigenvalue weighted by molar-refractivity contribution is 0.0555. The standard InChI is InChI=1S/C16H14O4/c1-19-15(17)13-9-8-12(10-14(13)16(18)20-2)11-6-4-3-5-7-11/h3-10H,1-2H3. The number of carbonyl (C=O) groups is 2. The Morgan fingerprint density at radius 1 is 0.750 bits per heavy atom. The minimum absolute atomic E-state index is 0.194. The molecule has 0 N–H and O–H groups in total. The lowest BCUT2D eigenvalue weighted by atomic mass is 9.99. The van der Waals surface area contributed by atoms with Crippen molar-refractivity contribution in [3.05, 3.63) is 59.7 Å². The van der Waals surface area contributed by atoms with Gasteiger partial charge in [0.1, 0.15) is 0 Å². The van der Waals surface area contributed by atoms with Crippen LogP contribution in [-0.2, 0) is 9.47 Å². The lowest BCUT2D eigenvalue weighted by Crippen LogP contribution is -2.11. The van der Waals surface area contributed by atoms with Gasteiger partial charge in [-0.05, 0) is 23.3 Å². The molecular formula is C16H14O4. The summed E-state index contributed by atoms with van der Waals surface area (Å²) in [5, 5.41) is 0. The van der Waals surface area contributed by atoms with E-state index >= 15 is 0 Å². The van der Waals surface area contributed by atoms with E-state index in [4.69, 9.17) is 4.74 Å². The fourth-order valence-electron chi connectivity index (χ4n) is 1.92. The van der Waals surface area contributed by atoms with Crippen LogP contribution in [0.15, 0.2) is 48.5 Å². The van der Waals surface area contributed by atoms with Gasteiger partial charge in [0, 0.05) is 0 Å². The van der Waals surface area contributed by atoms with Gasteiger partial charge in [-0.25, -0.2) is 9.59 Å². The largest absolute Gasteiger partial charge is 0.465 e. The number of ether oxygens (including phenoxy) is 2. The molecule has 20 heavy (non-hydrogen) atoms. The number of esters is 2. The van der Waals surface area contributed by atoms with Crippen LogP contribution in [0.3, 0.4) is 0 Å². The summed E-state index contributed by atoms with van der Waals surface area (Å²) >= 11 is 0. The molecule has 0 saturated heterocycles. The Balaban J connectivity index is 2.54. The number of rotatable bonds is 3. The predicted molar refractivity (Wildman–Crippen MR) is 74.6 cm³/mol. The molecule has 0 aliphatic rings. The van der Waals surface area contributed by atoms with Crippen LogP contribution in [0.5, 0.6) is 0 Å². The number of benzene rings is 2. The molecule has 4 nitrogen and oxygen atoms in total. The molecule has 0 aromatic heterocycles. The minimum atomic E-state index is -0.566. The molecule has 0 unspecified atom stereocenters. The van der Waals surface area contributed by atoms with Gasteiger partial charge in [-0.3, -0.25) is 0 Å². The average molecular weight is 270 g/mol. The van der Waals surface area contributed by atoms with E-state index in [2.05, 4.69) is 4.74 Å². The molecule has 2 aromatic rings. The SMILES string of the molecule is COC(=O)c1ccc(-c2ccccc2)cc1C(=O)OC. The summed E-state index contributed by atoms with van der Waals surface area (Å²) in [6, 6.07) is 14.5. The third-order valence-corrected chi connectivity index (χ3v) is 2.94. The Morgan fingerprint density at radius 2 is 1.35 bits per heavy atom. The van der Waals surface area contributed by atoms with E-state index in [0.717, 1.165) is 11.1 Å². The fourth-order valence-corrected chi connectivity index (χ4v) is 1.92. The third-order valence-electron chi connectivity index (χ3n) is 2.94. The molecule has 0 fully saturated rings. The van der Waals surface area contributed by atoms with Gasteiger partial charge >= 0.3 is 11.9 Å². The summed E-state index contributed by atoms with van der Waals surface area (Å²) in [6.07, 6.45) is 0. The molecular weight excluding hydrogens is 256 g/mol. The van der Waals surface area contributed by atoms with Crippen molar-refractivity contribution in [2.75, 3.05) is 14.2 Å². The van der Waals surface area contributed by atoms with Crippen molar-refractivity contribution >= 4 is 11.9 Å². The van der Waals surface area contributed by atoms with Crippen LogP contribution in [-0.4, -0.2) is 26.2 Å². The topological polar surface area (TPSA) is 52.6 Å². The van der Waals surface area contributed by atoms with Gasteiger partial charge in [-0.2, -0.15) is 0 Å². The summed E-state index contributed by atoms with van der Waals surface area (Å²) in [6.45, 7) is 0. The molecule has 102 valence electrons. The van der Waals surface area contributed by atoms with E-state index in [1.807, 2.05) is 30.3 Å². The van der Waals surface area contributed by atoms with E-state index in [9.17, 15) is 9.59 Å². The maximum absolute atomic E-state index is 11.8.